The van der Waals surface area contributed by atoms with Gasteiger partial charge in [0.05, 0.1) is 6.67 Å². The van der Waals surface area contributed by atoms with E-state index in [2.05, 4.69) is 18.7 Å². The molecule has 0 heterocycles. The Balaban J connectivity index is 3.13. The van der Waals surface area contributed by atoms with Crippen molar-refractivity contribution in [1.82, 2.24) is 0 Å². The number of hydrogen-bond donors (Lipinski definition) is 0. The van der Waals surface area contributed by atoms with E-state index in [9.17, 15) is 4.39 Å². The third-order valence-electron chi connectivity index (χ3n) is 2.59. The van der Waals surface area contributed by atoms with Crippen LogP contribution in [0.2, 0.25) is 0 Å². The van der Waals surface area contributed by atoms with Crippen molar-refractivity contribution in [3.63, 3.8) is 0 Å². The minimum Gasteiger partial charge on any atom is -0.250 e. The van der Waals surface area contributed by atoms with Crippen molar-refractivity contribution in [3.05, 3.63) is 48.0 Å². The predicted octanol–water partition coefficient (Wildman–Crippen LogP) is 4.73. The van der Waals surface area contributed by atoms with E-state index < -0.39 is 0 Å². The first kappa shape index (κ1) is 12.7. The normalized spacial score (nSPS) is 13.6. The molecule has 0 N–H and O–H groups in total. The van der Waals surface area contributed by atoms with Crippen LogP contribution in [0.3, 0.4) is 0 Å². The molecule has 0 bridgehead atoms. The first-order valence-corrected chi connectivity index (χ1v) is 5.56. The zero-order valence-corrected chi connectivity index (χ0v) is 10.3. The second kappa shape index (κ2) is 5.64. The molecule has 0 amide bonds. The number of halogens is 1. The van der Waals surface area contributed by atoms with Gasteiger partial charge in [-0.05, 0) is 30.5 Å². The van der Waals surface area contributed by atoms with Gasteiger partial charge in [-0.1, -0.05) is 49.4 Å². The van der Waals surface area contributed by atoms with Gasteiger partial charge in [0.1, 0.15) is 0 Å². The highest BCUT2D eigenvalue weighted by molar-refractivity contribution is 5.77. The fourth-order valence-electron chi connectivity index (χ4n) is 1.76. The number of alkyl halides is 1. The summed E-state index contributed by atoms with van der Waals surface area (Å²) in [5, 5.41) is 0. The van der Waals surface area contributed by atoms with E-state index in [-0.39, 0.29) is 12.6 Å². The summed E-state index contributed by atoms with van der Waals surface area (Å²) in [5.41, 5.74) is 4.44. The molecule has 0 unspecified atom stereocenters. The highest BCUT2D eigenvalue weighted by Crippen LogP contribution is 2.25. The molecular weight excluding hydrogens is 199 g/mol. The summed E-state index contributed by atoms with van der Waals surface area (Å²) >= 11 is 0. The Kier molecular flexibility index (Phi) is 4.48. The van der Waals surface area contributed by atoms with Gasteiger partial charge in [0, 0.05) is 5.92 Å². The van der Waals surface area contributed by atoms with Gasteiger partial charge in [0.2, 0.25) is 0 Å². The van der Waals surface area contributed by atoms with Gasteiger partial charge in [0.25, 0.3) is 0 Å². The third-order valence-corrected chi connectivity index (χ3v) is 2.59. The van der Waals surface area contributed by atoms with Crippen LogP contribution in [-0.4, -0.2) is 6.67 Å². The zero-order chi connectivity index (χ0) is 12.1. The predicted molar refractivity (Wildman–Crippen MR) is 69.9 cm³/mol. The molecule has 1 rings (SSSR count). The van der Waals surface area contributed by atoms with Crippen molar-refractivity contribution in [2.24, 2.45) is 5.92 Å². The van der Waals surface area contributed by atoms with E-state index in [1.807, 2.05) is 39.0 Å². The molecule has 1 atom stereocenters. The van der Waals surface area contributed by atoms with E-state index in [4.69, 9.17) is 0 Å². The van der Waals surface area contributed by atoms with Gasteiger partial charge in [-0.2, -0.15) is 0 Å². The summed E-state index contributed by atoms with van der Waals surface area (Å²) in [6.07, 6.45) is 1.97. The Morgan fingerprint density at radius 1 is 1.31 bits per heavy atom. The molecular formula is C15H19F. The molecule has 0 aliphatic rings. The van der Waals surface area contributed by atoms with Gasteiger partial charge in [0.15, 0.2) is 0 Å². The Morgan fingerprint density at radius 3 is 2.38 bits per heavy atom. The Bertz CT molecular complexity index is 402. The highest BCUT2D eigenvalue weighted by Gasteiger charge is 2.05. The quantitative estimate of drug-likeness (QED) is 0.685. The molecule has 0 aliphatic carbocycles. The zero-order valence-electron chi connectivity index (χ0n) is 10.3. The maximum absolute atomic E-state index is 12.5. The summed E-state index contributed by atoms with van der Waals surface area (Å²) in [6.45, 7) is 9.55. The molecule has 0 saturated heterocycles. The lowest BCUT2D eigenvalue weighted by Crippen LogP contribution is -1.94. The van der Waals surface area contributed by atoms with Crippen LogP contribution in [0.1, 0.15) is 31.9 Å². The molecule has 0 fully saturated rings. The summed E-state index contributed by atoms with van der Waals surface area (Å²) < 4.78 is 12.5. The Morgan fingerprint density at radius 2 is 1.88 bits per heavy atom. The Labute approximate surface area is 97.5 Å². The lowest BCUT2D eigenvalue weighted by Gasteiger charge is -2.11. The topological polar surface area (TPSA) is 0 Å². The largest absolute Gasteiger partial charge is 0.250 e. The van der Waals surface area contributed by atoms with Crippen molar-refractivity contribution in [3.8, 4) is 0 Å². The third kappa shape index (κ3) is 3.06. The van der Waals surface area contributed by atoms with Gasteiger partial charge in [-0.3, -0.25) is 4.39 Å². The second-order valence-corrected chi connectivity index (χ2v) is 4.31. The fourth-order valence-corrected chi connectivity index (χ4v) is 1.76. The number of benzene rings is 1. The average molecular weight is 218 g/mol. The number of hydrogen-bond acceptors (Lipinski definition) is 0. The highest BCUT2D eigenvalue weighted by atomic mass is 19.1. The van der Waals surface area contributed by atoms with Crippen molar-refractivity contribution < 1.29 is 4.39 Å². The van der Waals surface area contributed by atoms with Crippen LogP contribution in [0, 0.1) is 5.92 Å². The summed E-state index contributed by atoms with van der Waals surface area (Å²) in [6, 6.07) is 8.11. The van der Waals surface area contributed by atoms with E-state index in [1.165, 1.54) is 0 Å². The molecule has 0 spiro atoms. The molecule has 86 valence electrons. The minimum absolute atomic E-state index is 0.0295. The van der Waals surface area contributed by atoms with E-state index in [1.54, 1.807) is 0 Å². The maximum Gasteiger partial charge on any atom is 0.0954 e. The monoisotopic (exact) mass is 218 g/mol. The maximum atomic E-state index is 12.5. The molecule has 0 aliphatic heterocycles. The molecule has 0 nitrogen and oxygen atoms in total. The van der Waals surface area contributed by atoms with Crippen LogP contribution in [-0.2, 0) is 0 Å². The van der Waals surface area contributed by atoms with Crippen molar-refractivity contribution >= 4 is 11.1 Å². The molecule has 0 saturated carbocycles. The van der Waals surface area contributed by atoms with Gasteiger partial charge in [-0.25, -0.2) is 0 Å². The van der Waals surface area contributed by atoms with Crippen LogP contribution in [0.15, 0.2) is 36.9 Å². The van der Waals surface area contributed by atoms with Crippen LogP contribution < -0.4 is 0 Å². The minimum atomic E-state index is -0.313. The van der Waals surface area contributed by atoms with Gasteiger partial charge >= 0.3 is 0 Å². The van der Waals surface area contributed by atoms with Crippen molar-refractivity contribution in [2.75, 3.05) is 6.67 Å². The molecule has 1 aromatic rings. The molecule has 1 heteroatoms. The molecule has 16 heavy (non-hydrogen) atoms. The standard InChI is InChI=1S/C15H19F/c1-11(2)14-7-5-6-8-15(14)13(4)9-12(3)10-16/h5-9,12H,1,10H2,2-4H3/b13-9-/t12-/m0/s1. The number of rotatable bonds is 4. The SMILES string of the molecule is C=C(C)c1ccccc1/C(C)=C\[C@H](C)CF. The molecule has 0 aromatic heterocycles. The van der Waals surface area contributed by atoms with Crippen LogP contribution in [0.25, 0.3) is 11.1 Å². The lowest BCUT2D eigenvalue weighted by atomic mass is 9.95. The summed E-state index contributed by atoms with van der Waals surface area (Å²) in [7, 11) is 0. The van der Waals surface area contributed by atoms with Crippen LogP contribution in [0.4, 0.5) is 4.39 Å². The molecule has 1 aromatic carbocycles. The first-order valence-electron chi connectivity index (χ1n) is 5.56. The number of allylic oxidation sites excluding steroid dienone is 3. The fraction of sp³-hybridized carbons (Fsp3) is 0.333. The van der Waals surface area contributed by atoms with E-state index in [0.29, 0.717) is 0 Å². The second-order valence-electron chi connectivity index (χ2n) is 4.31. The average Bonchev–Trinajstić information content (AvgIpc) is 2.28. The van der Waals surface area contributed by atoms with Crippen molar-refractivity contribution in [2.45, 2.75) is 20.8 Å². The summed E-state index contributed by atoms with van der Waals surface area (Å²) in [5.74, 6) is -0.0295. The van der Waals surface area contributed by atoms with Crippen LogP contribution >= 0.6 is 0 Å². The van der Waals surface area contributed by atoms with E-state index in [0.717, 1.165) is 22.3 Å². The Hall–Kier alpha value is -1.37. The van der Waals surface area contributed by atoms with Crippen LogP contribution in [0.5, 0.6) is 0 Å². The first-order chi connectivity index (χ1) is 7.56. The smallest absolute Gasteiger partial charge is 0.0954 e. The summed E-state index contributed by atoms with van der Waals surface area (Å²) in [4.78, 5) is 0. The van der Waals surface area contributed by atoms with E-state index >= 15 is 0 Å². The lowest BCUT2D eigenvalue weighted by molar-refractivity contribution is 0.430. The molecule has 0 radical (unpaired) electrons. The van der Waals surface area contributed by atoms with Gasteiger partial charge < -0.3 is 0 Å². The van der Waals surface area contributed by atoms with Gasteiger partial charge in [-0.15, -0.1) is 0 Å². The van der Waals surface area contributed by atoms with Crippen molar-refractivity contribution in [1.29, 1.82) is 0 Å².